The van der Waals surface area contributed by atoms with Gasteiger partial charge in [0.25, 0.3) is 0 Å². The van der Waals surface area contributed by atoms with Crippen LogP contribution in [0.1, 0.15) is 35.4 Å². The van der Waals surface area contributed by atoms with Gasteiger partial charge in [0, 0.05) is 16.8 Å². The van der Waals surface area contributed by atoms with Crippen molar-refractivity contribution in [1.82, 2.24) is 15.1 Å². The van der Waals surface area contributed by atoms with Crippen LogP contribution in [-0.2, 0) is 12.1 Å². The van der Waals surface area contributed by atoms with Crippen LogP contribution in [0.15, 0.2) is 30.3 Å². The maximum atomic E-state index is 4.74. The summed E-state index contributed by atoms with van der Waals surface area (Å²) in [5.74, 6) is 0. The van der Waals surface area contributed by atoms with Crippen LogP contribution in [0.3, 0.4) is 0 Å². The summed E-state index contributed by atoms with van der Waals surface area (Å²) in [6.07, 6.45) is 2.45. The molecule has 1 N–H and O–H groups in total. The van der Waals surface area contributed by atoms with Crippen LogP contribution in [0.4, 0.5) is 0 Å². The lowest BCUT2D eigenvalue weighted by atomic mass is 10.0. The van der Waals surface area contributed by atoms with E-state index < -0.39 is 0 Å². The Bertz CT molecular complexity index is 580. The maximum absolute atomic E-state index is 4.74. The van der Waals surface area contributed by atoms with Gasteiger partial charge in [-0.25, -0.2) is 0 Å². The summed E-state index contributed by atoms with van der Waals surface area (Å²) in [7, 11) is 2.06. The molecule has 0 bridgehead atoms. The molecule has 1 fully saturated rings. The molecule has 3 heteroatoms. The summed E-state index contributed by atoms with van der Waals surface area (Å²) >= 11 is 0. The van der Waals surface area contributed by atoms with Crippen LogP contribution < -0.4 is 5.32 Å². The minimum absolute atomic E-state index is 0.198. The summed E-state index contributed by atoms with van der Waals surface area (Å²) in [5, 5.41) is 8.21. The second-order valence-electron chi connectivity index (χ2n) is 5.52. The quantitative estimate of drug-likeness (QED) is 0.910. The normalized spacial score (nSPS) is 16.6. The molecule has 100 valence electrons. The van der Waals surface area contributed by atoms with Crippen molar-refractivity contribution in [2.75, 3.05) is 7.05 Å². The SMILES string of the molecule is CNC1(c2c(C)nn(Cc3ccccc3)c2C)CC1. The van der Waals surface area contributed by atoms with E-state index in [9.17, 15) is 0 Å². The van der Waals surface area contributed by atoms with E-state index in [0.717, 1.165) is 6.54 Å². The molecule has 1 saturated carbocycles. The Hall–Kier alpha value is -1.61. The van der Waals surface area contributed by atoms with E-state index in [1.807, 2.05) is 0 Å². The van der Waals surface area contributed by atoms with E-state index in [2.05, 4.69) is 61.2 Å². The third kappa shape index (κ3) is 2.08. The van der Waals surface area contributed by atoms with Gasteiger partial charge in [-0.2, -0.15) is 5.10 Å². The van der Waals surface area contributed by atoms with Crippen LogP contribution in [-0.4, -0.2) is 16.8 Å². The highest BCUT2D eigenvalue weighted by atomic mass is 15.3. The molecule has 0 atom stereocenters. The van der Waals surface area contributed by atoms with Crippen LogP contribution >= 0.6 is 0 Å². The minimum Gasteiger partial charge on any atom is -0.310 e. The van der Waals surface area contributed by atoms with Crippen molar-refractivity contribution in [2.45, 2.75) is 38.8 Å². The first kappa shape index (κ1) is 12.4. The fourth-order valence-electron chi connectivity index (χ4n) is 3.05. The molecule has 1 heterocycles. The minimum atomic E-state index is 0.198. The highest BCUT2D eigenvalue weighted by Crippen LogP contribution is 2.47. The number of hydrogen-bond acceptors (Lipinski definition) is 2. The van der Waals surface area contributed by atoms with Crippen LogP contribution in [0.2, 0.25) is 0 Å². The predicted octanol–water partition coefficient (Wildman–Crippen LogP) is 2.76. The van der Waals surface area contributed by atoms with Crippen molar-refractivity contribution in [2.24, 2.45) is 0 Å². The summed E-state index contributed by atoms with van der Waals surface area (Å²) in [6.45, 7) is 5.17. The second kappa shape index (κ2) is 4.49. The van der Waals surface area contributed by atoms with E-state index in [1.54, 1.807) is 0 Å². The Morgan fingerprint density at radius 2 is 1.89 bits per heavy atom. The van der Waals surface area contributed by atoms with Gasteiger partial charge in [-0.15, -0.1) is 0 Å². The van der Waals surface area contributed by atoms with E-state index in [0.29, 0.717) is 0 Å². The van der Waals surface area contributed by atoms with Gasteiger partial charge in [-0.3, -0.25) is 4.68 Å². The van der Waals surface area contributed by atoms with Crippen molar-refractivity contribution in [3.63, 3.8) is 0 Å². The molecule has 3 nitrogen and oxygen atoms in total. The molecule has 19 heavy (non-hydrogen) atoms. The van der Waals surface area contributed by atoms with E-state index in [4.69, 9.17) is 5.10 Å². The zero-order valence-electron chi connectivity index (χ0n) is 11.9. The third-order valence-corrected chi connectivity index (χ3v) is 4.26. The van der Waals surface area contributed by atoms with E-state index in [1.165, 1.54) is 35.4 Å². The molecule has 0 unspecified atom stereocenters. The number of nitrogens with one attached hydrogen (secondary N) is 1. The molecule has 0 saturated heterocycles. The lowest BCUT2D eigenvalue weighted by molar-refractivity contribution is 0.575. The zero-order valence-corrected chi connectivity index (χ0v) is 11.9. The molecule has 1 aliphatic rings. The van der Waals surface area contributed by atoms with Crippen molar-refractivity contribution in [3.8, 4) is 0 Å². The van der Waals surface area contributed by atoms with Gasteiger partial charge < -0.3 is 5.32 Å². The van der Waals surface area contributed by atoms with Gasteiger partial charge in [0.2, 0.25) is 0 Å². The fourth-order valence-corrected chi connectivity index (χ4v) is 3.05. The molecule has 0 aliphatic heterocycles. The molecule has 2 aromatic rings. The first-order valence-corrected chi connectivity index (χ1v) is 6.93. The molecule has 1 aromatic carbocycles. The Morgan fingerprint density at radius 1 is 1.21 bits per heavy atom. The third-order valence-electron chi connectivity index (χ3n) is 4.26. The van der Waals surface area contributed by atoms with Gasteiger partial charge >= 0.3 is 0 Å². The smallest absolute Gasteiger partial charge is 0.0662 e. The first-order chi connectivity index (χ1) is 9.16. The largest absolute Gasteiger partial charge is 0.310 e. The number of aryl methyl sites for hydroxylation is 1. The van der Waals surface area contributed by atoms with E-state index in [-0.39, 0.29) is 5.54 Å². The first-order valence-electron chi connectivity index (χ1n) is 6.93. The fraction of sp³-hybridized carbons (Fsp3) is 0.438. The molecular formula is C16H21N3. The second-order valence-corrected chi connectivity index (χ2v) is 5.52. The monoisotopic (exact) mass is 255 g/mol. The topological polar surface area (TPSA) is 29.9 Å². The Labute approximate surface area is 114 Å². The molecule has 1 aromatic heterocycles. The number of aromatic nitrogens is 2. The van der Waals surface area contributed by atoms with Gasteiger partial charge in [0.1, 0.15) is 0 Å². The summed E-state index contributed by atoms with van der Waals surface area (Å²) in [4.78, 5) is 0. The van der Waals surface area contributed by atoms with Crippen LogP contribution in [0.25, 0.3) is 0 Å². The lowest BCUT2D eigenvalue weighted by Gasteiger charge is -2.15. The molecule has 0 spiro atoms. The van der Waals surface area contributed by atoms with Crippen molar-refractivity contribution in [3.05, 3.63) is 52.8 Å². The summed E-state index contributed by atoms with van der Waals surface area (Å²) in [5.41, 5.74) is 5.37. The zero-order chi connectivity index (χ0) is 13.5. The number of hydrogen-bond donors (Lipinski definition) is 1. The Balaban J connectivity index is 1.94. The Kier molecular flexibility index (Phi) is 2.94. The van der Waals surface area contributed by atoms with Crippen molar-refractivity contribution in [1.29, 1.82) is 0 Å². The van der Waals surface area contributed by atoms with Gasteiger partial charge in [0.15, 0.2) is 0 Å². The number of benzene rings is 1. The molecule has 0 radical (unpaired) electrons. The average molecular weight is 255 g/mol. The molecule has 0 amide bonds. The molecule has 1 aliphatic carbocycles. The van der Waals surface area contributed by atoms with Crippen LogP contribution in [0, 0.1) is 13.8 Å². The number of rotatable bonds is 4. The number of nitrogens with zero attached hydrogens (tertiary/aromatic N) is 2. The van der Waals surface area contributed by atoms with Gasteiger partial charge in [-0.05, 0) is 39.3 Å². The highest BCUT2D eigenvalue weighted by Gasteiger charge is 2.46. The van der Waals surface area contributed by atoms with Crippen molar-refractivity contribution >= 4 is 0 Å². The van der Waals surface area contributed by atoms with Crippen molar-refractivity contribution < 1.29 is 0 Å². The molecular weight excluding hydrogens is 234 g/mol. The van der Waals surface area contributed by atoms with Gasteiger partial charge in [0.05, 0.1) is 12.2 Å². The predicted molar refractivity (Wildman–Crippen MR) is 77.2 cm³/mol. The summed E-state index contributed by atoms with van der Waals surface area (Å²) < 4.78 is 2.14. The average Bonchev–Trinajstić information content (AvgIpc) is 3.15. The van der Waals surface area contributed by atoms with Gasteiger partial charge in [-0.1, -0.05) is 30.3 Å². The Morgan fingerprint density at radius 3 is 2.47 bits per heavy atom. The highest BCUT2D eigenvalue weighted by molar-refractivity contribution is 5.37. The summed E-state index contributed by atoms with van der Waals surface area (Å²) in [6, 6.07) is 10.5. The maximum Gasteiger partial charge on any atom is 0.0662 e. The molecule has 3 rings (SSSR count). The van der Waals surface area contributed by atoms with Crippen LogP contribution in [0.5, 0.6) is 0 Å². The lowest BCUT2D eigenvalue weighted by Crippen LogP contribution is -2.26. The van der Waals surface area contributed by atoms with E-state index >= 15 is 0 Å². The standard InChI is InChI=1S/C16H21N3/c1-12-15(16(17-3)9-10-16)13(2)19(18-12)11-14-7-5-4-6-8-14/h4-8,17H,9-11H2,1-3H3.